The SMILES string of the molecule is CN(C)c1nc2ccc(C(=O)N[C@@H]3CC(Cn4ccnc4)C[C@H]3O)cc2[nH]1. The van der Waals surface area contributed by atoms with Gasteiger partial charge < -0.3 is 24.9 Å². The Bertz CT molecular complexity index is 933. The summed E-state index contributed by atoms with van der Waals surface area (Å²) in [6.45, 7) is 0.802. The van der Waals surface area contributed by atoms with Gasteiger partial charge in [0.2, 0.25) is 5.95 Å². The average molecular weight is 368 g/mol. The molecule has 1 saturated carbocycles. The van der Waals surface area contributed by atoms with Gasteiger partial charge in [0.25, 0.3) is 5.91 Å². The third kappa shape index (κ3) is 3.66. The summed E-state index contributed by atoms with van der Waals surface area (Å²) >= 11 is 0. The number of aliphatic hydroxyl groups is 1. The molecule has 2 heterocycles. The van der Waals surface area contributed by atoms with Gasteiger partial charge in [0.1, 0.15) is 0 Å². The molecule has 1 unspecified atom stereocenters. The van der Waals surface area contributed by atoms with Crippen molar-refractivity contribution in [2.45, 2.75) is 31.5 Å². The highest BCUT2D eigenvalue weighted by Crippen LogP contribution is 2.28. The highest BCUT2D eigenvalue weighted by Gasteiger charge is 2.34. The number of carbonyl (C=O) groups is 1. The molecule has 1 fully saturated rings. The molecule has 1 amide bonds. The summed E-state index contributed by atoms with van der Waals surface area (Å²) in [4.78, 5) is 26.3. The number of hydrogen-bond acceptors (Lipinski definition) is 5. The summed E-state index contributed by atoms with van der Waals surface area (Å²) in [5.74, 6) is 0.888. The number of nitrogens with zero attached hydrogens (tertiary/aromatic N) is 4. The van der Waals surface area contributed by atoms with E-state index in [1.807, 2.05) is 35.8 Å². The van der Waals surface area contributed by atoms with Crippen LogP contribution < -0.4 is 10.2 Å². The average Bonchev–Trinajstić information content (AvgIpc) is 3.35. The second-order valence-electron chi connectivity index (χ2n) is 7.43. The third-order valence-electron chi connectivity index (χ3n) is 5.13. The van der Waals surface area contributed by atoms with E-state index in [2.05, 4.69) is 20.3 Å². The van der Waals surface area contributed by atoms with Crippen LogP contribution in [-0.2, 0) is 6.54 Å². The van der Waals surface area contributed by atoms with E-state index < -0.39 is 6.10 Å². The van der Waals surface area contributed by atoms with Crippen molar-refractivity contribution in [3.63, 3.8) is 0 Å². The predicted molar refractivity (Wildman–Crippen MR) is 103 cm³/mol. The molecule has 3 aromatic rings. The first-order valence-electron chi connectivity index (χ1n) is 9.11. The van der Waals surface area contributed by atoms with Crippen LogP contribution in [0.2, 0.25) is 0 Å². The molecule has 2 aromatic heterocycles. The second-order valence-corrected chi connectivity index (χ2v) is 7.43. The lowest BCUT2D eigenvalue weighted by Crippen LogP contribution is -2.39. The van der Waals surface area contributed by atoms with Crippen LogP contribution in [0.5, 0.6) is 0 Å². The molecule has 3 atom stereocenters. The molecule has 0 bridgehead atoms. The van der Waals surface area contributed by atoms with Crippen molar-refractivity contribution in [2.75, 3.05) is 19.0 Å². The van der Waals surface area contributed by atoms with Gasteiger partial charge in [-0.2, -0.15) is 0 Å². The Kier molecular flexibility index (Phi) is 4.57. The number of nitrogens with one attached hydrogen (secondary N) is 2. The molecule has 27 heavy (non-hydrogen) atoms. The molecule has 1 aliphatic rings. The Labute approximate surface area is 157 Å². The molecule has 8 nitrogen and oxygen atoms in total. The molecule has 0 radical (unpaired) electrons. The molecule has 8 heteroatoms. The van der Waals surface area contributed by atoms with E-state index >= 15 is 0 Å². The first-order chi connectivity index (χ1) is 13.0. The first-order valence-corrected chi connectivity index (χ1v) is 9.11. The molecule has 1 aromatic carbocycles. The van der Waals surface area contributed by atoms with Gasteiger partial charge in [0.05, 0.1) is 29.5 Å². The largest absolute Gasteiger partial charge is 0.391 e. The Hall–Kier alpha value is -2.87. The predicted octanol–water partition coefficient (Wildman–Crippen LogP) is 1.39. The van der Waals surface area contributed by atoms with Gasteiger partial charge >= 0.3 is 0 Å². The molecule has 4 rings (SSSR count). The Morgan fingerprint density at radius 1 is 1.41 bits per heavy atom. The van der Waals surface area contributed by atoms with E-state index in [4.69, 9.17) is 0 Å². The Morgan fingerprint density at radius 2 is 2.26 bits per heavy atom. The number of anilines is 1. The lowest BCUT2D eigenvalue weighted by molar-refractivity contribution is 0.0873. The number of benzene rings is 1. The number of amides is 1. The molecule has 3 N–H and O–H groups in total. The van der Waals surface area contributed by atoms with Gasteiger partial charge in [-0.1, -0.05) is 0 Å². The number of aliphatic hydroxyl groups excluding tert-OH is 1. The minimum absolute atomic E-state index is 0.176. The van der Waals surface area contributed by atoms with Crippen molar-refractivity contribution in [2.24, 2.45) is 5.92 Å². The first kappa shape index (κ1) is 17.5. The number of aromatic nitrogens is 4. The van der Waals surface area contributed by atoms with E-state index in [-0.39, 0.29) is 11.9 Å². The molecule has 0 saturated heterocycles. The van der Waals surface area contributed by atoms with Crippen LogP contribution in [0.1, 0.15) is 23.2 Å². The van der Waals surface area contributed by atoms with Crippen LogP contribution >= 0.6 is 0 Å². The minimum atomic E-state index is -0.529. The topological polar surface area (TPSA) is 99.1 Å². The lowest BCUT2D eigenvalue weighted by atomic mass is 10.1. The van der Waals surface area contributed by atoms with Gasteiger partial charge in [-0.3, -0.25) is 4.79 Å². The van der Waals surface area contributed by atoms with Gasteiger partial charge in [0.15, 0.2) is 0 Å². The van der Waals surface area contributed by atoms with Crippen molar-refractivity contribution in [1.29, 1.82) is 0 Å². The molecule has 0 spiro atoms. The zero-order valence-electron chi connectivity index (χ0n) is 15.5. The van der Waals surface area contributed by atoms with Gasteiger partial charge in [-0.05, 0) is 37.0 Å². The van der Waals surface area contributed by atoms with Gasteiger partial charge in [-0.15, -0.1) is 0 Å². The van der Waals surface area contributed by atoms with Gasteiger partial charge in [-0.25, -0.2) is 9.97 Å². The van der Waals surface area contributed by atoms with Crippen molar-refractivity contribution in [1.82, 2.24) is 24.8 Å². The Balaban J connectivity index is 1.43. The maximum Gasteiger partial charge on any atom is 0.251 e. The number of H-pyrrole nitrogens is 1. The van der Waals surface area contributed by atoms with E-state index in [9.17, 15) is 9.90 Å². The number of rotatable bonds is 5. The smallest absolute Gasteiger partial charge is 0.251 e. The van der Waals surface area contributed by atoms with Crippen LogP contribution in [0.4, 0.5) is 5.95 Å². The fourth-order valence-electron chi connectivity index (χ4n) is 3.72. The highest BCUT2D eigenvalue weighted by molar-refractivity contribution is 5.97. The maximum atomic E-state index is 12.7. The third-order valence-corrected chi connectivity index (χ3v) is 5.13. The number of aromatic amines is 1. The molecule has 0 aliphatic heterocycles. The van der Waals surface area contributed by atoms with Crippen LogP contribution in [0.3, 0.4) is 0 Å². The summed E-state index contributed by atoms with van der Waals surface area (Å²) in [5, 5.41) is 13.3. The summed E-state index contributed by atoms with van der Waals surface area (Å²) in [7, 11) is 3.82. The van der Waals surface area contributed by atoms with Crippen LogP contribution in [-0.4, -0.2) is 56.8 Å². The Morgan fingerprint density at radius 3 is 3.00 bits per heavy atom. The molecule has 1 aliphatic carbocycles. The summed E-state index contributed by atoms with van der Waals surface area (Å²) < 4.78 is 2.01. The summed E-state index contributed by atoms with van der Waals surface area (Å²) in [5.41, 5.74) is 2.19. The number of hydrogen-bond donors (Lipinski definition) is 3. The molecular weight excluding hydrogens is 344 g/mol. The van der Waals surface area contributed by atoms with Crippen LogP contribution in [0, 0.1) is 5.92 Å². The number of fused-ring (bicyclic) bond motifs is 1. The van der Waals surface area contributed by atoms with Gasteiger partial charge in [0, 0.05) is 38.6 Å². The number of imidazole rings is 2. The summed E-state index contributed by atoms with van der Waals surface area (Å²) in [6, 6.07) is 5.17. The van der Waals surface area contributed by atoms with Crippen molar-refractivity contribution in [3.8, 4) is 0 Å². The van der Waals surface area contributed by atoms with E-state index in [1.165, 1.54) is 0 Å². The van der Waals surface area contributed by atoms with E-state index in [0.717, 1.165) is 29.9 Å². The number of carbonyl (C=O) groups excluding carboxylic acids is 1. The van der Waals surface area contributed by atoms with Crippen molar-refractivity contribution < 1.29 is 9.90 Å². The molecular formula is C19H24N6O2. The quantitative estimate of drug-likeness (QED) is 0.632. The zero-order valence-corrected chi connectivity index (χ0v) is 15.5. The molecule has 142 valence electrons. The van der Waals surface area contributed by atoms with Crippen LogP contribution in [0.25, 0.3) is 11.0 Å². The second kappa shape index (κ2) is 7.03. The van der Waals surface area contributed by atoms with E-state index in [1.54, 1.807) is 24.7 Å². The minimum Gasteiger partial charge on any atom is -0.391 e. The van der Waals surface area contributed by atoms with Crippen LogP contribution in [0.15, 0.2) is 36.9 Å². The zero-order chi connectivity index (χ0) is 19.0. The lowest BCUT2D eigenvalue weighted by Gasteiger charge is -2.16. The monoisotopic (exact) mass is 368 g/mol. The fraction of sp³-hybridized carbons (Fsp3) is 0.421. The maximum absolute atomic E-state index is 12.7. The fourth-order valence-corrected chi connectivity index (χ4v) is 3.72. The highest BCUT2D eigenvalue weighted by atomic mass is 16.3. The van der Waals surface area contributed by atoms with E-state index in [0.29, 0.717) is 17.9 Å². The normalized spacial score (nSPS) is 22.3. The van der Waals surface area contributed by atoms with Crippen molar-refractivity contribution >= 4 is 22.9 Å². The standard InChI is InChI=1S/C19H24N6O2/c1-24(2)19-22-14-4-3-13(9-15(14)23-19)18(27)21-16-7-12(8-17(16)26)10-25-6-5-20-11-25/h3-6,9,11-12,16-17,26H,7-8,10H2,1-2H3,(H,21,27)(H,22,23)/t12?,16-,17-/m1/s1. The summed E-state index contributed by atoms with van der Waals surface area (Å²) in [6.07, 6.45) is 6.34. The van der Waals surface area contributed by atoms with Crippen molar-refractivity contribution in [3.05, 3.63) is 42.5 Å².